The van der Waals surface area contributed by atoms with E-state index < -0.39 is 0 Å². The average Bonchev–Trinajstić information content (AvgIpc) is 2.66. The molecule has 26 heavy (non-hydrogen) atoms. The van der Waals surface area contributed by atoms with Gasteiger partial charge in [-0.05, 0) is 30.7 Å². The van der Waals surface area contributed by atoms with Crippen LogP contribution in [-0.4, -0.2) is 24.6 Å². The second-order valence-electron chi connectivity index (χ2n) is 5.67. The second-order valence-corrected chi connectivity index (χ2v) is 6.08. The summed E-state index contributed by atoms with van der Waals surface area (Å²) in [4.78, 5) is 17.1. The number of pyridine rings is 1. The molecule has 0 aliphatic heterocycles. The molecule has 0 aliphatic rings. The molecule has 1 amide bonds. The highest BCUT2D eigenvalue weighted by atomic mass is 35.5. The van der Waals surface area contributed by atoms with Crippen LogP contribution in [0.15, 0.2) is 48.7 Å². The van der Waals surface area contributed by atoms with Crippen molar-refractivity contribution in [3.05, 3.63) is 59.2 Å². The first-order chi connectivity index (χ1) is 12.6. The van der Waals surface area contributed by atoms with E-state index in [-0.39, 0.29) is 5.91 Å². The summed E-state index contributed by atoms with van der Waals surface area (Å²) in [5, 5.41) is 4.17. The van der Waals surface area contributed by atoms with Gasteiger partial charge in [-0.15, -0.1) is 0 Å². The molecule has 3 rings (SSSR count). The SMILES string of the molecule is CCCOc1c(Cl)cc(C(=O)Nc2cccc3cccnc23)cc1OC. The van der Waals surface area contributed by atoms with Crippen molar-refractivity contribution in [1.29, 1.82) is 0 Å². The van der Waals surface area contributed by atoms with Gasteiger partial charge >= 0.3 is 0 Å². The zero-order valence-electron chi connectivity index (χ0n) is 14.6. The molecule has 0 aliphatic carbocycles. The number of anilines is 1. The largest absolute Gasteiger partial charge is 0.493 e. The number of hydrogen-bond acceptors (Lipinski definition) is 4. The third kappa shape index (κ3) is 3.73. The van der Waals surface area contributed by atoms with Crippen molar-refractivity contribution < 1.29 is 14.3 Å². The van der Waals surface area contributed by atoms with Gasteiger partial charge in [-0.1, -0.05) is 36.7 Å². The van der Waals surface area contributed by atoms with Crippen LogP contribution in [0.4, 0.5) is 5.69 Å². The van der Waals surface area contributed by atoms with Crippen LogP contribution in [0.25, 0.3) is 10.9 Å². The van der Waals surface area contributed by atoms with Gasteiger partial charge in [0.25, 0.3) is 5.91 Å². The molecule has 0 saturated heterocycles. The number of aromatic nitrogens is 1. The molecule has 1 N–H and O–H groups in total. The lowest BCUT2D eigenvalue weighted by atomic mass is 10.1. The van der Waals surface area contributed by atoms with E-state index in [9.17, 15) is 4.79 Å². The molecule has 0 fully saturated rings. The third-order valence-electron chi connectivity index (χ3n) is 3.82. The summed E-state index contributed by atoms with van der Waals surface area (Å²) in [6, 6.07) is 12.6. The lowest BCUT2D eigenvalue weighted by Gasteiger charge is -2.14. The van der Waals surface area contributed by atoms with Crippen molar-refractivity contribution in [2.45, 2.75) is 13.3 Å². The van der Waals surface area contributed by atoms with Crippen LogP contribution in [0.2, 0.25) is 5.02 Å². The first-order valence-corrected chi connectivity index (χ1v) is 8.67. The summed E-state index contributed by atoms with van der Waals surface area (Å²) in [5.41, 5.74) is 1.74. The fourth-order valence-corrected chi connectivity index (χ4v) is 2.86. The smallest absolute Gasteiger partial charge is 0.255 e. The Kier molecular flexibility index (Phi) is 5.58. The highest BCUT2D eigenvalue weighted by molar-refractivity contribution is 6.32. The first kappa shape index (κ1) is 18.0. The topological polar surface area (TPSA) is 60.5 Å². The van der Waals surface area contributed by atoms with E-state index in [0.29, 0.717) is 34.4 Å². The van der Waals surface area contributed by atoms with Crippen LogP contribution < -0.4 is 14.8 Å². The van der Waals surface area contributed by atoms with Gasteiger partial charge < -0.3 is 14.8 Å². The van der Waals surface area contributed by atoms with Crippen molar-refractivity contribution in [3.63, 3.8) is 0 Å². The predicted molar refractivity (Wildman–Crippen MR) is 103 cm³/mol. The number of para-hydroxylation sites is 1. The van der Waals surface area contributed by atoms with Crippen LogP contribution in [0.3, 0.4) is 0 Å². The zero-order valence-corrected chi connectivity index (χ0v) is 15.3. The minimum Gasteiger partial charge on any atom is -0.493 e. The standard InChI is InChI=1S/C20H19ClN2O3/c1-3-10-26-19-15(21)11-14(12-17(19)25-2)20(24)23-16-8-4-6-13-7-5-9-22-18(13)16/h4-9,11-12H,3,10H2,1-2H3,(H,23,24). The van der Waals surface area contributed by atoms with Gasteiger partial charge in [0.05, 0.1) is 29.9 Å². The Morgan fingerprint density at radius 3 is 2.81 bits per heavy atom. The molecule has 5 nitrogen and oxygen atoms in total. The Bertz CT molecular complexity index is 938. The van der Waals surface area contributed by atoms with Gasteiger partial charge in [-0.3, -0.25) is 9.78 Å². The molecule has 0 radical (unpaired) electrons. The van der Waals surface area contributed by atoms with Gasteiger partial charge in [-0.2, -0.15) is 0 Å². The summed E-state index contributed by atoms with van der Waals surface area (Å²) < 4.78 is 11.0. The van der Waals surface area contributed by atoms with E-state index in [1.807, 2.05) is 37.3 Å². The number of nitrogens with zero attached hydrogens (tertiary/aromatic N) is 1. The number of hydrogen-bond donors (Lipinski definition) is 1. The normalized spacial score (nSPS) is 10.6. The van der Waals surface area contributed by atoms with Crippen LogP contribution >= 0.6 is 11.6 Å². The quantitative estimate of drug-likeness (QED) is 0.667. The Morgan fingerprint density at radius 2 is 2.04 bits per heavy atom. The van der Waals surface area contributed by atoms with E-state index >= 15 is 0 Å². The van der Waals surface area contributed by atoms with E-state index in [0.717, 1.165) is 17.3 Å². The van der Waals surface area contributed by atoms with Crippen molar-refractivity contribution in [2.24, 2.45) is 0 Å². The summed E-state index contributed by atoms with van der Waals surface area (Å²) in [7, 11) is 1.51. The van der Waals surface area contributed by atoms with E-state index in [2.05, 4.69) is 10.3 Å². The van der Waals surface area contributed by atoms with E-state index in [4.69, 9.17) is 21.1 Å². The molecule has 3 aromatic rings. The van der Waals surface area contributed by atoms with Crippen LogP contribution in [0.1, 0.15) is 23.7 Å². The molecule has 134 valence electrons. The number of benzene rings is 2. The lowest BCUT2D eigenvalue weighted by molar-refractivity contribution is 0.102. The number of methoxy groups -OCH3 is 1. The number of amides is 1. The fraction of sp³-hybridized carbons (Fsp3) is 0.200. The number of rotatable bonds is 6. The number of carbonyl (C=O) groups is 1. The number of ether oxygens (including phenoxy) is 2. The van der Waals surface area contributed by atoms with E-state index in [1.54, 1.807) is 18.3 Å². The second kappa shape index (κ2) is 8.06. The molecule has 0 unspecified atom stereocenters. The minimum atomic E-state index is -0.301. The molecule has 6 heteroatoms. The van der Waals surface area contributed by atoms with Crippen molar-refractivity contribution in [2.75, 3.05) is 19.0 Å². The monoisotopic (exact) mass is 370 g/mol. The Labute approximate surface area is 156 Å². The molecule has 0 spiro atoms. The molecule has 0 bridgehead atoms. The summed E-state index contributed by atoms with van der Waals surface area (Å²) in [6.45, 7) is 2.52. The maximum Gasteiger partial charge on any atom is 0.255 e. The molecule has 1 aromatic heterocycles. The highest BCUT2D eigenvalue weighted by Gasteiger charge is 2.16. The first-order valence-electron chi connectivity index (χ1n) is 8.29. The van der Waals surface area contributed by atoms with Gasteiger partial charge in [0, 0.05) is 17.1 Å². The molecule has 0 saturated carbocycles. The molecular formula is C20H19ClN2O3. The Morgan fingerprint density at radius 1 is 1.23 bits per heavy atom. The lowest BCUT2D eigenvalue weighted by Crippen LogP contribution is -2.13. The molecule has 1 heterocycles. The molecule has 2 aromatic carbocycles. The predicted octanol–water partition coefficient (Wildman–Crippen LogP) is 4.94. The van der Waals surface area contributed by atoms with Crippen LogP contribution in [0, 0.1) is 0 Å². The number of nitrogens with one attached hydrogen (secondary N) is 1. The van der Waals surface area contributed by atoms with Gasteiger partial charge in [0.15, 0.2) is 11.5 Å². The number of halogens is 1. The Hall–Kier alpha value is -2.79. The van der Waals surface area contributed by atoms with Crippen molar-refractivity contribution in [1.82, 2.24) is 4.98 Å². The Balaban J connectivity index is 1.91. The van der Waals surface area contributed by atoms with Crippen LogP contribution in [0.5, 0.6) is 11.5 Å². The van der Waals surface area contributed by atoms with Gasteiger partial charge in [0.1, 0.15) is 0 Å². The fourth-order valence-electron chi connectivity index (χ4n) is 2.59. The molecule has 0 atom stereocenters. The van der Waals surface area contributed by atoms with Gasteiger partial charge in [0.2, 0.25) is 0 Å². The zero-order chi connectivity index (χ0) is 18.5. The van der Waals surface area contributed by atoms with E-state index in [1.165, 1.54) is 7.11 Å². The highest BCUT2D eigenvalue weighted by Crippen LogP contribution is 2.36. The van der Waals surface area contributed by atoms with Gasteiger partial charge in [-0.25, -0.2) is 0 Å². The maximum atomic E-state index is 12.7. The number of carbonyl (C=O) groups excluding carboxylic acids is 1. The third-order valence-corrected chi connectivity index (χ3v) is 4.10. The summed E-state index contributed by atoms with van der Waals surface area (Å²) in [5.74, 6) is 0.567. The van der Waals surface area contributed by atoms with Crippen molar-refractivity contribution >= 4 is 34.1 Å². The summed E-state index contributed by atoms with van der Waals surface area (Å²) in [6.07, 6.45) is 2.54. The number of fused-ring (bicyclic) bond motifs is 1. The average molecular weight is 371 g/mol. The maximum absolute atomic E-state index is 12.7. The molecular weight excluding hydrogens is 352 g/mol. The minimum absolute atomic E-state index is 0.301. The van der Waals surface area contributed by atoms with Crippen molar-refractivity contribution in [3.8, 4) is 11.5 Å². The summed E-state index contributed by atoms with van der Waals surface area (Å²) >= 11 is 6.29. The van der Waals surface area contributed by atoms with Crippen LogP contribution in [-0.2, 0) is 0 Å².